The van der Waals surface area contributed by atoms with Gasteiger partial charge in [0.05, 0.1) is 6.26 Å². The molecule has 5 heteroatoms. The molecule has 0 aromatic carbocycles. The van der Waals surface area contributed by atoms with Gasteiger partial charge in [-0.1, -0.05) is 0 Å². The maximum Gasteiger partial charge on any atom is 0.130 e. The molecule has 0 fully saturated rings. The van der Waals surface area contributed by atoms with Crippen LogP contribution in [0, 0.1) is 6.92 Å². The smallest absolute Gasteiger partial charge is 0.130 e. The quantitative estimate of drug-likeness (QED) is 0.810. The summed E-state index contributed by atoms with van der Waals surface area (Å²) >= 11 is 0. The van der Waals surface area contributed by atoms with Crippen molar-refractivity contribution >= 4 is 5.82 Å². The zero-order valence-electron chi connectivity index (χ0n) is 12.1. The molecular weight excluding hydrogens is 252 g/mol. The van der Waals surface area contributed by atoms with Gasteiger partial charge in [-0.05, 0) is 38.9 Å². The zero-order valence-corrected chi connectivity index (χ0v) is 12.1. The van der Waals surface area contributed by atoms with Gasteiger partial charge in [0, 0.05) is 30.6 Å². The summed E-state index contributed by atoms with van der Waals surface area (Å²) in [5.41, 5.74) is 6.56. The zero-order chi connectivity index (χ0) is 14.4. The Morgan fingerprint density at radius 3 is 2.90 bits per heavy atom. The summed E-state index contributed by atoms with van der Waals surface area (Å²) in [5, 5.41) is 3.41. The highest BCUT2D eigenvalue weighted by atomic mass is 16.3. The Hall–Kier alpha value is -1.88. The second kappa shape index (κ2) is 7.05. The Morgan fingerprint density at radius 2 is 2.20 bits per heavy atom. The first-order chi connectivity index (χ1) is 9.67. The van der Waals surface area contributed by atoms with E-state index in [0.717, 1.165) is 42.4 Å². The van der Waals surface area contributed by atoms with E-state index in [0.29, 0.717) is 12.6 Å². The standard InChI is InChI=1S/C15H22N4O/c1-11(5-6-14-4-3-9-20-14)17-15-10-13(7-8-16)18-12(2)19-15/h3-4,9-11H,5-8,16H2,1-2H3,(H,17,18,19). The van der Waals surface area contributed by atoms with Gasteiger partial charge < -0.3 is 15.5 Å². The molecule has 2 aromatic rings. The first-order valence-corrected chi connectivity index (χ1v) is 7.01. The van der Waals surface area contributed by atoms with E-state index < -0.39 is 0 Å². The minimum atomic E-state index is 0.320. The number of nitrogens with one attached hydrogen (secondary N) is 1. The number of nitrogens with two attached hydrogens (primary N) is 1. The van der Waals surface area contributed by atoms with Crippen molar-refractivity contribution in [2.24, 2.45) is 5.73 Å². The molecule has 1 unspecified atom stereocenters. The number of aryl methyl sites for hydroxylation is 2. The molecule has 2 rings (SSSR count). The van der Waals surface area contributed by atoms with Crippen LogP contribution in [0.4, 0.5) is 5.82 Å². The van der Waals surface area contributed by atoms with Gasteiger partial charge in [-0.25, -0.2) is 9.97 Å². The Kier molecular flexibility index (Phi) is 5.12. The van der Waals surface area contributed by atoms with Crippen LogP contribution in [0.15, 0.2) is 28.9 Å². The van der Waals surface area contributed by atoms with Gasteiger partial charge in [-0.3, -0.25) is 0 Å². The summed E-state index contributed by atoms with van der Waals surface area (Å²) in [7, 11) is 0. The highest BCUT2D eigenvalue weighted by Crippen LogP contribution is 2.12. The molecule has 2 heterocycles. The fourth-order valence-electron chi connectivity index (χ4n) is 2.12. The summed E-state index contributed by atoms with van der Waals surface area (Å²) in [5.74, 6) is 2.66. The van der Waals surface area contributed by atoms with Crippen LogP contribution in [0.1, 0.15) is 30.6 Å². The van der Waals surface area contributed by atoms with Crippen LogP contribution in [0.2, 0.25) is 0 Å². The Bertz CT molecular complexity index is 525. The van der Waals surface area contributed by atoms with Crippen LogP contribution < -0.4 is 11.1 Å². The topological polar surface area (TPSA) is 77.0 Å². The lowest BCUT2D eigenvalue weighted by molar-refractivity contribution is 0.495. The van der Waals surface area contributed by atoms with E-state index in [1.807, 2.05) is 25.1 Å². The van der Waals surface area contributed by atoms with Crippen molar-refractivity contribution in [3.63, 3.8) is 0 Å². The Morgan fingerprint density at radius 1 is 1.35 bits per heavy atom. The molecule has 0 aliphatic heterocycles. The van der Waals surface area contributed by atoms with Crippen molar-refractivity contribution in [1.82, 2.24) is 9.97 Å². The predicted molar refractivity (Wildman–Crippen MR) is 79.6 cm³/mol. The number of nitrogens with zero attached hydrogens (tertiary/aromatic N) is 2. The lowest BCUT2D eigenvalue weighted by Gasteiger charge is -2.15. The molecule has 0 saturated carbocycles. The van der Waals surface area contributed by atoms with Crippen LogP contribution in [0.25, 0.3) is 0 Å². The second-order valence-electron chi connectivity index (χ2n) is 4.99. The normalized spacial score (nSPS) is 12.3. The van der Waals surface area contributed by atoms with E-state index in [9.17, 15) is 0 Å². The number of rotatable bonds is 7. The third kappa shape index (κ3) is 4.35. The molecule has 0 amide bonds. The number of anilines is 1. The largest absolute Gasteiger partial charge is 0.469 e. The number of hydrogen-bond acceptors (Lipinski definition) is 5. The van der Waals surface area contributed by atoms with Crippen LogP contribution in [-0.2, 0) is 12.8 Å². The third-order valence-corrected chi connectivity index (χ3v) is 3.09. The van der Waals surface area contributed by atoms with E-state index in [1.54, 1.807) is 6.26 Å². The van der Waals surface area contributed by atoms with Gasteiger partial charge in [0.2, 0.25) is 0 Å². The summed E-state index contributed by atoms with van der Waals surface area (Å²) in [6.07, 6.45) is 4.39. The Balaban J connectivity index is 1.91. The lowest BCUT2D eigenvalue weighted by Crippen LogP contribution is -2.18. The van der Waals surface area contributed by atoms with E-state index in [-0.39, 0.29) is 0 Å². The molecule has 5 nitrogen and oxygen atoms in total. The number of hydrogen-bond donors (Lipinski definition) is 2. The SMILES string of the molecule is Cc1nc(CCN)cc(NC(C)CCc2ccco2)n1. The molecule has 0 aliphatic rings. The lowest BCUT2D eigenvalue weighted by atomic mass is 10.1. The van der Waals surface area contributed by atoms with Gasteiger partial charge in [0.1, 0.15) is 17.4 Å². The third-order valence-electron chi connectivity index (χ3n) is 3.09. The fourth-order valence-corrected chi connectivity index (χ4v) is 2.12. The summed E-state index contributed by atoms with van der Waals surface area (Å²) in [6, 6.07) is 6.21. The van der Waals surface area contributed by atoms with Crippen LogP contribution in [-0.4, -0.2) is 22.6 Å². The van der Waals surface area contributed by atoms with Crippen LogP contribution >= 0.6 is 0 Å². The molecule has 1 atom stereocenters. The summed E-state index contributed by atoms with van der Waals surface area (Å²) in [4.78, 5) is 8.79. The Labute approximate surface area is 119 Å². The van der Waals surface area contributed by atoms with Crippen molar-refractivity contribution in [3.8, 4) is 0 Å². The van der Waals surface area contributed by atoms with Crippen LogP contribution in [0.3, 0.4) is 0 Å². The fraction of sp³-hybridized carbons (Fsp3) is 0.467. The van der Waals surface area contributed by atoms with E-state index in [2.05, 4.69) is 22.2 Å². The molecule has 0 bridgehead atoms. The van der Waals surface area contributed by atoms with E-state index in [4.69, 9.17) is 10.2 Å². The van der Waals surface area contributed by atoms with E-state index in [1.165, 1.54) is 0 Å². The van der Waals surface area contributed by atoms with E-state index >= 15 is 0 Å². The molecule has 0 radical (unpaired) electrons. The van der Waals surface area contributed by atoms with Crippen molar-refractivity contribution in [2.75, 3.05) is 11.9 Å². The van der Waals surface area contributed by atoms with Crippen molar-refractivity contribution in [2.45, 2.75) is 39.2 Å². The first kappa shape index (κ1) is 14.5. The maximum absolute atomic E-state index is 5.57. The van der Waals surface area contributed by atoms with Crippen molar-refractivity contribution in [3.05, 3.63) is 41.7 Å². The van der Waals surface area contributed by atoms with Gasteiger partial charge in [-0.15, -0.1) is 0 Å². The molecular formula is C15H22N4O. The van der Waals surface area contributed by atoms with Gasteiger partial charge >= 0.3 is 0 Å². The molecule has 0 saturated heterocycles. The second-order valence-corrected chi connectivity index (χ2v) is 4.99. The average molecular weight is 274 g/mol. The minimum Gasteiger partial charge on any atom is -0.469 e. The number of furan rings is 1. The summed E-state index contributed by atoms with van der Waals surface area (Å²) < 4.78 is 5.34. The number of aromatic nitrogens is 2. The van der Waals surface area contributed by atoms with Crippen molar-refractivity contribution < 1.29 is 4.42 Å². The minimum absolute atomic E-state index is 0.320. The molecule has 2 aromatic heterocycles. The monoisotopic (exact) mass is 274 g/mol. The maximum atomic E-state index is 5.57. The molecule has 3 N–H and O–H groups in total. The molecule has 0 aliphatic carbocycles. The highest BCUT2D eigenvalue weighted by Gasteiger charge is 2.07. The molecule has 108 valence electrons. The first-order valence-electron chi connectivity index (χ1n) is 7.01. The van der Waals surface area contributed by atoms with Gasteiger partial charge in [-0.2, -0.15) is 0 Å². The van der Waals surface area contributed by atoms with Gasteiger partial charge in [0.15, 0.2) is 0 Å². The van der Waals surface area contributed by atoms with Gasteiger partial charge in [0.25, 0.3) is 0 Å². The van der Waals surface area contributed by atoms with Crippen LogP contribution in [0.5, 0.6) is 0 Å². The average Bonchev–Trinajstić information content (AvgIpc) is 2.89. The summed E-state index contributed by atoms with van der Waals surface area (Å²) in [6.45, 7) is 4.64. The predicted octanol–water partition coefficient (Wildman–Crippen LogP) is 2.31. The molecule has 20 heavy (non-hydrogen) atoms. The van der Waals surface area contributed by atoms with Crippen molar-refractivity contribution in [1.29, 1.82) is 0 Å². The highest BCUT2D eigenvalue weighted by molar-refractivity contribution is 5.37. The molecule has 0 spiro atoms.